The summed E-state index contributed by atoms with van der Waals surface area (Å²) in [6, 6.07) is 12.9. The summed E-state index contributed by atoms with van der Waals surface area (Å²) in [5, 5.41) is 1.24. The molecule has 3 aromatic rings. The standard InChI is InChI=1S/C16H16N2/c1-12-4-6-13(7-5-12)8-9-14-11-18-16-15(14)3-2-10-17-16/h2-7,10-11H,8-9H2,1H3,(H,17,18). The summed E-state index contributed by atoms with van der Waals surface area (Å²) in [7, 11) is 0. The lowest BCUT2D eigenvalue weighted by molar-refractivity contribution is 0.967. The Kier molecular flexibility index (Phi) is 2.85. The van der Waals surface area contributed by atoms with Crippen molar-refractivity contribution in [1.29, 1.82) is 0 Å². The number of nitrogens with zero attached hydrogens (tertiary/aromatic N) is 1. The molecule has 2 nitrogen and oxygen atoms in total. The van der Waals surface area contributed by atoms with Crippen molar-refractivity contribution in [3.63, 3.8) is 0 Å². The normalized spacial score (nSPS) is 10.9. The SMILES string of the molecule is Cc1ccc(CCc2c[nH]c3ncccc23)cc1. The maximum absolute atomic E-state index is 4.31. The minimum atomic E-state index is 0.983. The molecule has 2 heteroatoms. The van der Waals surface area contributed by atoms with Crippen LogP contribution in [0.25, 0.3) is 11.0 Å². The topological polar surface area (TPSA) is 28.7 Å². The molecule has 0 bridgehead atoms. The van der Waals surface area contributed by atoms with Crippen LogP contribution in [0.5, 0.6) is 0 Å². The van der Waals surface area contributed by atoms with Crippen LogP contribution < -0.4 is 0 Å². The van der Waals surface area contributed by atoms with E-state index in [1.807, 2.05) is 12.3 Å². The zero-order chi connectivity index (χ0) is 12.4. The van der Waals surface area contributed by atoms with Crippen molar-refractivity contribution in [2.75, 3.05) is 0 Å². The first kappa shape index (κ1) is 11.0. The first-order valence-corrected chi connectivity index (χ1v) is 6.29. The third kappa shape index (κ3) is 2.14. The molecule has 90 valence electrons. The molecule has 1 N–H and O–H groups in total. The molecule has 0 atom stereocenters. The molecular weight excluding hydrogens is 220 g/mol. The van der Waals surface area contributed by atoms with Gasteiger partial charge in [0.2, 0.25) is 0 Å². The van der Waals surface area contributed by atoms with Crippen LogP contribution in [-0.4, -0.2) is 9.97 Å². The predicted molar refractivity (Wildman–Crippen MR) is 74.7 cm³/mol. The van der Waals surface area contributed by atoms with Crippen LogP contribution in [0.2, 0.25) is 0 Å². The molecule has 1 aromatic carbocycles. The summed E-state index contributed by atoms with van der Waals surface area (Å²) < 4.78 is 0. The molecule has 2 aromatic heterocycles. The smallest absolute Gasteiger partial charge is 0.137 e. The average molecular weight is 236 g/mol. The van der Waals surface area contributed by atoms with E-state index in [4.69, 9.17) is 0 Å². The van der Waals surface area contributed by atoms with E-state index >= 15 is 0 Å². The summed E-state index contributed by atoms with van der Waals surface area (Å²) in [5.41, 5.74) is 5.03. The Labute approximate surface area is 107 Å². The molecule has 0 radical (unpaired) electrons. The highest BCUT2D eigenvalue weighted by Crippen LogP contribution is 2.17. The number of hydrogen-bond acceptors (Lipinski definition) is 1. The molecule has 0 spiro atoms. The van der Waals surface area contributed by atoms with Crippen molar-refractivity contribution in [3.8, 4) is 0 Å². The van der Waals surface area contributed by atoms with Crippen LogP contribution in [0.4, 0.5) is 0 Å². The Morgan fingerprint density at radius 3 is 2.72 bits per heavy atom. The van der Waals surface area contributed by atoms with Gasteiger partial charge >= 0.3 is 0 Å². The number of benzene rings is 1. The lowest BCUT2D eigenvalue weighted by Gasteiger charge is -2.01. The Hall–Kier alpha value is -2.09. The van der Waals surface area contributed by atoms with Crippen molar-refractivity contribution in [2.24, 2.45) is 0 Å². The fourth-order valence-corrected chi connectivity index (χ4v) is 2.25. The third-order valence-electron chi connectivity index (χ3n) is 3.34. The highest BCUT2D eigenvalue weighted by molar-refractivity contribution is 5.79. The molecule has 0 saturated heterocycles. The first-order chi connectivity index (χ1) is 8.83. The molecule has 0 aliphatic carbocycles. The van der Waals surface area contributed by atoms with Crippen molar-refractivity contribution in [2.45, 2.75) is 19.8 Å². The summed E-state index contributed by atoms with van der Waals surface area (Å²) in [6.07, 6.45) is 6.02. The minimum absolute atomic E-state index is 0.983. The van der Waals surface area contributed by atoms with Gasteiger partial charge in [0, 0.05) is 17.8 Å². The molecule has 3 rings (SSSR count). The molecule has 0 saturated carbocycles. The number of aryl methyl sites for hydroxylation is 3. The number of aromatic amines is 1. The van der Waals surface area contributed by atoms with E-state index in [2.05, 4.69) is 53.4 Å². The van der Waals surface area contributed by atoms with Crippen LogP contribution in [0.3, 0.4) is 0 Å². The summed E-state index contributed by atoms with van der Waals surface area (Å²) in [5.74, 6) is 0. The lowest BCUT2D eigenvalue weighted by atomic mass is 10.0. The lowest BCUT2D eigenvalue weighted by Crippen LogP contribution is -1.90. The Morgan fingerprint density at radius 1 is 1.06 bits per heavy atom. The zero-order valence-electron chi connectivity index (χ0n) is 10.5. The molecule has 0 amide bonds. The van der Waals surface area contributed by atoms with E-state index in [0.717, 1.165) is 18.5 Å². The Bertz CT molecular complexity index is 650. The minimum Gasteiger partial charge on any atom is -0.346 e. The maximum atomic E-state index is 4.31. The van der Waals surface area contributed by atoms with Crippen LogP contribution in [0.1, 0.15) is 16.7 Å². The molecule has 0 aliphatic heterocycles. The largest absolute Gasteiger partial charge is 0.346 e. The number of hydrogen-bond donors (Lipinski definition) is 1. The second-order valence-electron chi connectivity index (χ2n) is 4.70. The molecule has 0 fully saturated rings. The fourth-order valence-electron chi connectivity index (χ4n) is 2.25. The Balaban J connectivity index is 1.79. The van der Waals surface area contributed by atoms with Gasteiger partial charge in [-0.25, -0.2) is 4.98 Å². The molecular formula is C16H16N2. The highest BCUT2D eigenvalue weighted by atomic mass is 14.8. The van der Waals surface area contributed by atoms with Crippen molar-refractivity contribution in [3.05, 3.63) is 65.5 Å². The third-order valence-corrected chi connectivity index (χ3v) is 3.34. The number of fused-ring (bicyclic) bond motifs is 1. The van der Waals surface area contributed by atoms with E-state index in [-0.39, 0.29) is 0 Å². The van der Waals surface area contributed by atoms with E-state index in [1.165, 1.54) is 22.1 Å². The van der Waals surface area contributed by atoms with Gasteiger partial charge < -0.3 is 4.98 Å². The van der Waals surface area contributed by atoms with Gasteiger partial charge in [-0.2, -0.15) is 0 Å². The average Bonchev–Trinajstić information content (AvgIpc) is 2.82. The van der Waals surface area contributed by atoms with Gasteiger partial charge in [0.05, 0.1) is 0 Å². The van der Waals surface area contributed by atoms with E-state index in [0.29, 0.717) is 0 Å². The summed E-state index contributed by atoms with van der Waals surface area (Å²) in [6.45, 7) is 2.12. The van der Waals surface area contributed by atoms with E-state index in [1.54, 1.807) is 0 Å². The van der Waals surface area contributed by atoms with Crippen LogP contribution in [-0.2, 0) is 12.8 Å². The number of H-pyrrole nitrogens is 1. The maximum Gasteiger partial charge on any atom is 0.137 e. The number of rotatable bonds is 3. The quantitative estimate of drug-likeness (QED) is 0.738. The predicted octanol–water partition coefficient (Wildman–Crippen LogP) is 3.66. The number of aromatic nitrogens is 2. The van der Waals surface area contributed by atoms with Gasteiger partial charge in [-0.1, -0.05) is 29.8 Å². The van der Waals surface area contributed by atoms with Gasteiger partial charge in [-0.3, -0.25) is 0 Å². The molecule has 0 unspecified atom stereocenters. The van der Waals surface area contributed by atoms with Crippen LogP contribution >= 0.6 is 0 Å². The molecule has 0 aliphatic rings. The molecule has 18 heavy (non-hydrogen) atoms. The first-order valence-electron chi connectivity index (χ1n) is 6.29. The molecule has 2 heterocycles. The van der Waals surface area contributed by atoms with Gasteiger partial charge in [0.15, 0.2) is 0 Å². The second kappa shape index (κ2) is 4.65. The van der Waals surface area contributed by atoms with Gasteiger partial charge in [0.25, 0.3) is 0 Å². The Morgan fingerprint density at radius 2 is 1.89 bits per heavy atom. The summed E-state index contributed by atoms with van der Waals surface area (Å²) in [4.78, 5) is 7.54. The monoisotopic (exact) mass is 236 g/mol. The number of nitrogens with one attached hydrogen (secondary N) is 1. The zero-order valence-corrected chi connectivity index (χ0v) is 10.5. The van der Waals surface area contributed by atoms with E-state index < -0.39 is 0 Å². The van der Waals surface area contributed by atoms with Crippen molar-refractivity contribution >= 4 is 11.0 Å². The fraction of sp³-hybridized carbons (Fsp3) is 0.188. The summed E-state index contributed by atoms with van der Waals surface area (Å²) >= 11 is 0. The van der Waals surface area contributed by atoms with Crippen LogP contribution in [0, 0.1) is 6.92 Å². The van der Waals surface area contributed by atoms with Gasteiger partial charge in [-0.05, 0) is 43.0 Å². The second-order valence-corrected chi connectivity index (χ2v) is 4.70. The number of pyridine rings is 1. The van der Waals surface area contributed by atoms with Crippen LogP contribution in [0.15, 0.2) is 48.8 Å². The van der Waals surface area contributed by atoms with Crippen molar-refractivity contribution in [1.82, 2.24) is 9.97 Å². The van der Waals surface area contributed by atoms with Gasteiger partial charge in [-0.15, -0.1) is 0 Å². The van der Waals surface area contributed by atoms with Gasteiger partial charge in [0.1, 0.15) is 5.65 Å². The van der Waals surface area contributed by atoms with Crippen molar-refractivity contribution < 1.29 is 0 Å². The van der Waals surface area contributed by atoms with E-state index in [9.17, 15) is 0 Å². The highest BCUT2D eigenvalue weighted by Gasteiger charge is 2.03.